The van der Waals surface area contributed by atoms with Crippen LogP contribution in [-0.2, 0) is 0 Å². The minimum atomic E-state index is -0.836. The fourth-order valence-electron chi connectivity index (χ4n) is 18.9. The highest BCUT2D eigenvalue weighted by Gasteiger charge is 2.23. The summed E-state index contributed by atoms with van der Waals surface area (Å²) >= 11 is 0. The zero-order valence-electron chi connectivity index (χ0n) is 75.9. The SMILES string of the molecule is Cc1ccc2c(c1)c1cc(C)c(F)cc1n2-c1ccccc1.Cc1ccc2c(c1)c1cc(C)cc(F)c1n2-c1ccccc1.Cc1ccc2c(c1)c1cc(C)ccc1n2-c1ccc(F)c(F)c1.Cc1ccc2c(c1)c1cc(C)ccc1n2-c1ccc(F)cc1.Cc1ccc2c(c1)c1cc(C)ccc1n2-c1cccc(F)c1.Cc1ccc2c(c1)c1cc(C)ccc1n2-c1ccccc1F. The lowest BCUT2D eigenvalue weighted by Crippen LogP contribution is -1.97. The smallest absolute Gasteiger partial charge is 0.160 e. The van der Waals surface area contributed by atoms with Gasteiger partial charge in [-0.25, -0.2) is 30.7 Å². The molecule has 0 amide bonds. The summed E-state index contributed by atoms with van der Waals surface area (Å²) in [4.78, 5) is 0. The summed E-state index contributed by atoms with van der Waals surface area (Å²) in [5.41, 5.74) is 31.1. The van der Waals surface area contributed by atoms with Gasteiger partial charge in [0.1, 0.15) is 29.1 Å². The first kappa shape index (κ1) is 86.6. The van der Waals surface area contributed by atoms with E-state index in [2.05, 4.69) is 259 Å². The summed E-state index contributed by atoms with van der Waals surface area (Å²) in [5.74, 6) is -2.64. The Morgan fingerprint density at radius 2 is 0.444 bits per heavy atom. The van der Waals surface area contributed by atoms with Crippen molar-refractivity contribution in [3.8, 4) is 34.1 Å². The van der Waals surface area contributed by atoms with Gasteiger partial charge in [0.2, 0.25) is 0 Å². The molecule has 24 rings (SSSR count). The molecule has 0 atom stereocenters. The Morgan fingerprint density at radius 3 is 0.820 bits per heavy atom. The molecule has 0 spiro atoms. The van der Waals surface area contributed by atoms with Crippen LogP contribution in [0.2, 0.25) is 0 Å². The minimum Gasteiger partial charge on any atom is -0.309 e. The molecule has 18 aromatic carbocycles. The molecule has 133 heavy (non-hydrogen) atoms. The van der Waals surface area contributed by atoms with Crippen molar-refractivity contribution < 1.29 is 30.7 Å². The van der Waals surface area contributed by atoms with Crippen LogP contribution in [0.1, 0.15) is 66.8 Å². The summed E-state index contributed by atoms with van der Waals surface area (Å²) in [6.07, 6.45) is 0. The molecule has 0 bridgehead atoms. The van der Waals surface area contributed by atoms with Gasteiger partial charge in [0.05, 0.1) is 71.9 Å². The monoisotopic (exact) mass is 1750 g/mol. The van der Waals surface area contributed by atoms with Crippen molar-refractivity contribution in [2.75, 3.05) is 0 Å². The molecule has 6 heterocycles. The first-order chi connectivity index (χ1) is 64.2. The number of aromatic nitrogens is 6. The van der Waals surface area contributed by atoms with E-state index in [1.807, 2.05) is 137 Å². The van der Waals surface area contributed by atoms with E-state index in [1.165, 1.54) is 130 Å². The molecule has 0 aliphatic carbocycles. The fourth-order valence-corrected chi connectivity index (χ4v) is 18.9. The fraction of sp³-hybridized carbons (Fsp3) is 0.100. The van der Waals surface area contributed by atoms with Crippen molar-refractivity contribution in [3.63, 3.8) is 0 Å². The third kappa shape index (κ3) is 16.6. The normalized spacial score (nSPS) is 11.4. The number of hydrogen-bond donors (Lipinski definition) is 0. The summed E-state index contributed by atoms with van der Waals surface area (Å²) in [6, 6.07) is 115. The molecular weight excluding hydrogens is 1660 g/mol. The predicted octanol–water partition coefficient (Wildman–Crippen LogP) is 33.4. The van der Waals surface area contributed by atoms with E-state index in [0.29, 0.717) is 22.5 Å². The minimum absolute atomic E-state index is 0.163. The van der Waals surface area contributed by atoms with E-state index in [4.69, 9.17) is 0 Å². The molecule has 0 saturated heterocycles. The first-order valence-corrected chi connectivity index (χ1v) is 44.6. The van der Waals surface area contributed by atoms with Crippen LogP contribution >= 0.6 is 0 Å². The van der Waals surface area contributed by atoms with Crippen LogP contribution in [0.3, 0.4) is 0 Å². The number of para-hydroxylation sites is 3. The van der Waals surface area contributed by atoms with Gasteiger partial charge in [-0.05, 0) is 331 Å². The van der Waals surface area contributed by atoms with Crippen LogP contribution in [0.5, 0.6) is 0 Å². The molecule has 654 valence electrons. The summed E-state index contributed by atoms with van der Waals surface area (Å²) in [7, 11) is 0. The molecule has 0 radical (unpaired) electrons. The molecule has 0 aliphatic heterocycles. The Labute approximate surface area is 766 Å². The zero-order chi connectivity index (χ0) is 92.5. The highest BCUT2D eigenvalue weighted by molar-refractivity contribution is 6.15. The lowest BCUT2D eigenvalue weighted by Gasteiger charge is -2.08. The summed E-state index contributed by atoms with van der Waals surface area (Å²) in [5, 5.41) is 13.8. The first-order valence-electron chi connectivity index (χ1n) is 44.6. The van der Waals surface area contributed by atoms with Crippen LogP contribution in [0, 0.1) is 124 Å². The molecule has 0 unspecified atom stereocenters. The standard InChI is InChI=1S/C20H15F2N.5C20H16FN/c1-12-3-7-19-15(9-12)16-10-13(2)4-8-20(16)23(19)14-5-6-17(21)18(22)11-14;1-13-3-9-19-17(11-13)18-12-14(2)4-10-20(18)22(19)16-7-5-15(21)6-8-16;1-13-6-8-19-17(10-13)18-11-14(2)7-9-20(18)22(19)16-5-3-4-15(21)12-16;1-13-7-9-18-15(11-13)16-12-14(2)8-10-19(16)22(18)20-6-4-3-5-17(20)21;1-13-8-9-19-16(10-13)17-11-14(2)18(21)12-20(17)22(19)15-6-4-3-5-7-15;1-13-8-9-19-16(10-13)17-11-14(2)12-18(21)20(17)22(19)15-6-4-3-5-7-15/h3-11H,1-2H3;5*3-12H,1-2H3. The van der Waals surface area contributed by atoms with E-state index in [-0.39, 0.29) is 29.1 Å². The number of benzene rings is 18. The van der Waals surface area contributed by atoms with Crippen molar-refractivity contribution in [3.05, 3.63) is 465 Å². The number of fused-ring (bicyclic) bond motifs is 18. The Balaban J connectivity index is 0.000000103. The van der Waals surface area contributed by atoms with Gasteiger partial charge in [-0.15, -0.1) is 0 Å². The second-order valence-corrected chi connectivity index (χ2v) is 35.2. The maximum atomic E-state index is 14.7. The molecule has 0 saturated carbocycles. The van der Waals surface area contributed by atoms with E-state index in [1.54, 1.807) is 36.4 Å². The average Bonchev–Trinajstić information content (AvgIpc) is 1.58. The van der Waals surface area contributed by atoms with Crippen LogP contribution in [0.15, 0.2) is 358 Å². The molecule has 24 aromatic rings. The van der Waals surface area contributed by atoms with Crippen LogP contribution < -0.4 is 0 Å². The van der Waals surface area contributed by atoms with Gasteiger partial charge in [0.15, 0.2) is 11.6 Å². The van der Waals surface area contributed by atoms with Crippen LogP contribution in [0.25, 0.3) is 165 Å². The molecule has 6 aromatic heterocycles. The van der Waals surface area contributed by atoms with Gasteiger partial charge in [-0.2, -0.15) is 0 Å². The number of aryl methyl sites for hydroxylation is 12. The van der Waals surface area contributed by atoms with Crippen molar-refractivity contribution in [2.24, 2.45) is 0 Å². The molecule has 13 heteroatoms. The van der Waals surface area contributed by atoms with E-state index in [9.17, 15) is 30.7 Å². The van der Waals surface area contributed by atoms with Gasteiger partial charge >= 0.3 is 0 Å². The Morgan fingerprint density at radius 1 is 0.150 bits per heavy atom. The van der Waals surface area contributed by atoms with Crippen LogP contribution in [0.4, 0.5) is 30.7 Å². The molecule has 0 fully saturated rings. The Bertz CT molecular complexity index is 8440. The van der Waals surface area contributed by atoms with Gasteiger partial charge < -0.3 is 27.4 Å². The largest absolute Gasteiger partial charge is 0.309 e. The average molecular weight is 1750 g/mol. The van der Waals surface area contributed by atoms with Gasteiger partial charge in [-0.3, -0.25) is 0 Å². The van der Waals surface area contributed by atoms with Gasteiger partial charge in [-0.1, -0.05) is 171 Å². The lowest BCUT2D eigenvalue weighted by atomic mass is 10.1. The number of halogens is 7. The quantitative estimate of drug-likeness (QED) is 0.149. The van der Waals surface area contributed by atoms with E-state index in [0.717, 1.165) is 116 Å². The third-order valence-corrected chi connectivity index (χ3v) is 25.1. The zero-order valence-corrected chi connectivity index (χ0v) is 75.9. The molecular formula is C120H95F7N6. The van der Waals surface area contributed by atoms with E-state index < -0.39 is 11.6 Å². The Hall–Kier alpha value is -15.7. The van der Waals surface area contributed by atoms with Gasteiger partial charge in [0, 0.05) is 99.1 Å². The van der Waals surface area contributed by atoms with Crippen molar-refractivity contribution in [1.29, 1.82) is 0 Å². The second kappa shape index (κ2) is 35.6. The maximum absolute atomic E-state index is 14.7. The molecule has 0 aliphatic rings. The van der Waals surface area contributed by atoms with Crippen molar-refractivity contribution >= 4 is 131 Å². The summed E-state index contributed by atoms with van der Waals surface area (Å²) < 4.78 is 110. The van der Waals surface area contributed by atoms with Crippen molar-refractivity contribution in [2.45, 2.75) is 83.1 Å². The summed E-state index contributed by atoms with van der Waals surface area (Å²) in [6.45, 7) is 24.6. The predicted molar refractivity (Wildman–Crippen MR) is 541 cm³/mol. The second-order valence-electron chi connectivity index (χ2n) is 35.2. The Kier molecular flexibility index (Phi) is 23.2. The molecule has 0 N–H and O–H groups in total. The highest BCUT2D eigenvalue weighted by atomic mass is 19.2. The third-order valence-electron chi connectivity index (χ3n) is 25.1. The lowest BCUT2D eigenvalue weighted by molar-refractivity contribution is 0.508. The number of nitrogens with zero attached hydrogens (tertiary/aromatic N) is 6. The van der Waals surface area contributed by atoms with E-state index >= 15 is 0 Å². The number of hydrogen-bond acceptors (Lipinski definition) is 0. The topological polar surface area (TPSA) is 29.6 Å². The van der Waals surface area contributed by atoms with Crippen LogP contribution in [-0.4, -0.2) is 27.4 Å². The number of rotatable bonds is 6. The maximum Gasteiger partial charge on any atom is 0.160 e. The van der Waals surface area contributed by atoms with Gasteiger partial charge in [0.25, 0.3) is 0 Å². The highest BCUT2D eigenvalue weighted by Crippen LogP contribution is 2.42. The van der Waals surface area contributed by atoms with Crippen molar-refractivity contribution in [1.82, 2.24) is 27.4 Å². The molecule has 6 nitrogen and oxygen atoms in total.